The molecule has 0 saturated heterocycles. The van der Waals surface area contributed by atoms with Crippen molar-refractivity contribution in [1.29, 1.82) is 0 Å². The van der Waals surface area contributed by atoms with Crippen molar-refractivity contribution in [2.24, 2.45) is 5.73 Å². The molecule has 0 aliphatic carbocycles. The Morgan fingerprint density at radius 2 is 2.14 bits per heavy atom. The molecule has 6 heteroatoms. The molecule has 0 bridgehead atoms. The molecule has 0 unspecified atom stereocenters. The summed E-state index contributed by atoms with van der Waals surface area (Å²) in [5.41, 5.74) is 6.99. The van der Waals surface area contributed by atoms with Crippen LogP contribution in [0.2, 0.25) is 0 Å². The van der Waals surface area contributed by atoms with Crippen LogP contribution >= 0.6 is 12.2 Å². The molecule has 0 radical (unpaired) electrons. The summed E-state index contributed by atoms with van der Waals surface area (Å²) in [5.74, 6) is 1.35. The highest BCUT2D eigenvalue weighted by atomic mass is 32.1. The second-order valence-electron chi connectivity index (χ2n) is 4.68. The number of rotatable bonds is 5. The lowest BCUT2D eigenvalue weighted by atomic mass is 10.2. The Kier molecular flexibility index (Phi) is 4.70. The van der Waals surface area contributed by atoms with Crippen molar-refractivity contribution in [3.63, 3.8) is 0 Å². The topological polar surface area (TPSA) is 70.1 Å². The molecule has 5 nitrogen and oxygen atoms in total. The van der Waals surface area contributed by atoms with Crippen molar-refractivity contribution in [3.05, 3.63) is 57.8 Å². The molecule has 21 heavy (non-hydrogen) atoms. The van der Waals surface area contributed by atoms with Gasteiger partial charge in [0.15, 0.2) is 0 Å². The average Bonchev–Trinajstić information content (AvgIpc) is 2.42. The Labute approximate surface area is 128 Å². The molecular weight excluding hydrogens is 286 g/mol. The van der Waals surface area contributed by atoms with Crippen molar-refractivity contribution in [2.75, 3.05) is 6.61 Å². The first-order valence-corrected chi connectivity index (χ1v) is 6.96. The van der Waals surface area contributed by atoms with Crippen LogP contribution in [0.5, 0.6) is 5.75 Å². The number of ether oxygens (including phenoxy) is 1. The van der Waals surface area contributed by atoms with Gasteiger partial charge in [-0.2, -0.15) is 0 Å². The van der Waals surface area contributed by atoms with Gasteiger partial charge in [0.2, 0.25) is 0 Å². The van der Waals surface area contributed by atoms with E-state index in [2.05, 4.69) is 4.98 Å². The molecule has 2 N–H and O–H groups in total. The van der Waals surface area contributed by atoms with Gasteiger partial charge in [0.05, 0.1) is 6.54 Å². The summed E-state index contributed by atoms with van der Waals surface area (Å²) in [6.07, 6.45) is 0. The van der Waals surface area contributed by atoms with Crippen LogP contribution in [0.3, 0.4) is 0 Å². The predicted molar refractivity (Wildman–Crippen MR) is 85.8 cm³/mol. The van der Waals surface area contributed by atoms with Gasteiger partial charge in [0.1, 0.15) is 23.2 Å². The number of aryl methyl sites for hydroxylation is 2. The third-order valence-electron chi connectivity index (χ3n) is 3.03. The summed E-state index contributed by atoms with van der Waals surface area (Å²) in [5, 5.41) is 0. The standard InChI is InChI=1S/C15H17N3O2S/c1-10-8-14(19)18(11(2)17-10)6-7-20-13-5-3-4-12(9-13)15(16)21/h3-5,8-9H,6-7H2,1-2H3,(H2,16,21). The number of benzene rings is 1. The van der Waals surface area contributed by atoms with Gasteiger partial charge in [-0.25, -0.2) is 4.98 Å². The van der Waals surface area contributed by atoms with E-state index in [-0.39, 0.29) is 5.56 Å². The molecule has 2 rings (SSSR count). The fraction of sp³-hybridized carbons (Fsp3) is 0.267. The van der Waals surface area contributed by atoms with Crippen molar-refractivity contribution < 1.29 is 4.74 Å². The minimum absolute atomic E-state index is 0.0690. The number of nitrogens with zero attached hydrogens (tertiary/aromatic N) is 2. The summed E-state index contributed by atoms with van der Waals surface area (Å²) in [4.78, 5) is 16.5. The lowest BCUT2D eigenvalue weighted by Crippen LogP contribution is -2.26. The maximum atomic E-state index is 11.9. The molecule has 0 atom stereocenters. The van der Waals surface area contributed by atoms with Gasteiger partial charge < -0.3 is 10.5 Å². The van der Waals surface area contributed by atoms with Crippen LogP contribution in [-0.2, 0) is 6.54 Å². The zero-order valence-electron chi connectivity index (χ0n) is 12.0. The SMILES string of the molecule is Cc1cc(=O)n(CCOc2cccc(C(N)=S)c2)c(C)n1. The van der Waals surface area contributed by atoms with Gasteiger partial charge in [-0.05, 0) is 26.0 Å². The molecule has 2 aromatic rings. The number of aromatic nitrogens is 2. The van der Waals surface area contributed by atoms with Crippen LogP contribution in [0.1, 0.15) is 17.1 Å². The normalized spacial score (nSPS) is 10.4. The molecule has 0 amide bonds. The quantitative estimate of drug-likeness (QED) is 0.849. The Morgan fingerprint density at radius 1 is 1.38 bits per heavy atom. The van der Waals surface area contributed by atoms with E-state index in [0.717, 1.165) is 11.3 Å². The van der Waals surface area contributed by atoms with Crippen molar-refractivity contribution in [1.82, 2.24) is 9.55 Å². The molecule has 1 heterocycles. The highest BCUT2D eigenvalue weighted by Gasteiger charge is 2.04. The molecule has 0 aliphatic heterocycles. The number of thiocarbonyl (C=S) groups is 1. The van der Waals surface area contributed by atoms with E-state index in [0.29, 0.717) is 29.7 Å². The summed E-state index contributed by atoms with van der Waals surface area (Å²) in [6, 6.07) is 8.78. The van der Waals surface area contributed by atoms with Crippen LogP contribution in [-0.4, -0.2) is 21.1 Å². The predicted octanol–water partition coefficient (Wildman–Crippen LogP) is 1.57. The molecular formula is C15H17N3O2S. The average molecular weight is 303 g/mol. The molecule has 0 saturated carbocycles. The van der Waals surface area contributed by atoms with Crippen LogP contribution in [0.4, 0.5) is 0 Å². The summed E-state index contributed by atoms with van der Waals surface area (Å²) >= 11 is 4.93. The van der Waals surface area contributed by atoms with Gasteiger partial charge in [-0.15, -0.1) is 0 Å². The van der Waals surface area contributed by atoms with Crippen LogP contribution in [0, 0.1) is 13.8 Å². The Morgan fingerprint density at radius 3 is 2.81 bits per heavy atom. The minimum Gasteiger partial charge on any atom is -0.492 e. The van der Waals surface area contributed by atoms with Gasteiger partial charge in [-0.1, -0.05) is 24.4 Å². The van der Waals surface area contributed by atoms with Gasteiger partial charge in [0, 0.05) is 17.3 Å². The molecule has 0 aliphatic rings. The number of hydrogen-bond donors (Lipinski definition) is 1. The first-order chi connectivity index (χ1) is 9.97. The van der Waals surface area contributed by atoms with Crippen molar-refractivity contribution in [2.45, 2.75) is 20.4 Å². The van der Waals surface area contributed by atoms with E-state index < -0.39 is 0 Å². The lowest BCUT2D eigenvalue weighted by molar-refractivity contribution is 0.294. The third-order valence-corrected chi connectivity index (χ3v) is 3.27. The zero-order valence-corrected chi connectivity index (χ0v) is 12.8. The fourth-order valence-electron chi connectivity index (χ4n) is 2.03. The van der Waals surface area contributed by atoms with Crippen LogP contribution < -0.4 is 16.0 Å². The summed E-state index contributed by atoms with van der Waals surface area (Å²) in [7, 11) is 0. The van der Waals surface area contributed by atoms with Crippen LogP contribution in [0.15, 0.2) is 35.1 Å². The van der Waals surface area contributed by atoms with E-state index in [9.17, 15) is 4.79 Å². The number of nitrogens with two attached hydrogens (primary N) is 1. The Balaban J connectivity index is 2.04. The summed E-state index contributed by atoms with van der Waals surface area (Å²) in [6.45, 7) is 4.42. The highest BCUT2D eigenvalue weighted by molar-refractivity contribution is 7.80. The smallest absolute Gasteiger partial charge is 0.253 e. The van der Waals surface area contributed by atoms with E-state index in [1.807, 2.05) is 25.1 Å². The molecule has 0 fully saturated rings. The number of hydrogen-bond acceptors (Lipinski definition) is 4. The Bertz CT molecular complexity index is 725. The Hall–Kier alpha value is -2.21. The fourth-order valence-corrected chi connectivity index (χ4v) is 2.16. The van der Waals surface area contributed by atoms with Crippen LogP contribution in [0.25, 0.3) is 0 Å². The zero-order chi connectivity index (χ0) is 15.4. The van der Waals surface area contributed by atoms with Crippen molar-refractivity contribution in [3.8, 4) is 5.75 Å². The second-order valence-corrected chi connectivity index (χ2v) is 5.11. The van der Waals surface area contributed by atoms with E-state index in [1.54, 1.807) is 17.6 Å². The minimum atomic E-state index is -0.0690. The van der Waals surface area contributed by atoms with E-state index in [4.69, 9.17) is 22.7 Å². The van der Waals surface area contributed by atoms with Gasteiger partial charge in [0.25, 0.3) is 5.56 Å². The molecule has 110 valence electrons. The maximum absolute atomic E-state index is 11.9. The van der Waals surface area contributed by atoms with E-state index >= 15 is 0 Å². The lowest BCUT2D eigenvalue weighted by Gasteiger charge is -2.11. The first-order valence-electron chi connectivity index (χ1n) is 6.55. The molecule has 1 aromatic carbocycles. The van der Waals surface area contributed by atoms with Gasteiger partial charge >= 0.3 is 0 Å². The maximum Gasteiger partial charge on any atom is 0.253 e. The third kappa shape index (κ3) is 3.88. The monoisotopic (exact) mass is 303 g/mol. The van der Waals surface area contributed by atoms with E-state index in [1.165, 1.54) is 6.07 Å². The summed E-state index contributed by atoms with van der Waals surface area (Å²) < 4.78 is 7.23. The highest BCUT2D eigenvalue weighted by Crippen LogP contribution is 2.13. The second kappa shape index (κ2) is 6.49. The molecule has 0 spiro atoms. The molecule has 1 aromatic heterocycles. The van der Waals surface area contributed by atoms with Gasteiger partial charge in [-0.3, -0.25) is 9.36 Å². The first kappa shape index (κ1) is 15.2. The van der Waals surface area contributed by atoms with Crippen molar-refractivity contribution >= 4 is 17.2 Å². The largest absolute Gasteiger partial charge is 0.492 e.